The molecular formula is C28H26O10. The topological polar surface area (TPSA) is 124 Å². The number of aryl methyl sites for hydroxylation is 2. The van der Waals surface area contributed by atoms with Crippen LogP contribution in [0.5, 0.6) is 11.5 Å². The Labute approximate surface area is 218 Å². The van der Waals surface area contributed by atoms with Crippen LogP contribution >= 0.6 is 0 Å². The Morgan fingerprint density at radius 1 is 0.737 bits per heavy atom. The molecule has 0 radical (unpaired) electrons. The van der Waals surface area contributed by atoms with Crippen molar-refractivity contribution in [2.24, 2.45) is 0 Å². The van der Waals surface area contributed by atoms with Crippen molar-refractivity contribution in [3.63, 3.8) is 0 Å². The van der Waals surface area contributed by atoms with Gasteiger partial charge < -0.3 is 28.4 Å². The third kappa shape index (κ3) is 5.82. The zero-order valence-electron chi connectivity index (χ0n) is 20.8. The van der Waals surface area contributed by atoms with E-state index in [9.17, 15) is 19.2 Å². The predicted molar refractivity (Wildman–Crippen MR) is 132 cm³/mol. The van der Waals surface area contributed by atoms with E-state index in [1.807, 2.05) is 0 Å². The summed E-state index contributed by atoms with van der Waals surface area (Å²) in [5.41, 5.74) is 1.70. The Bertz CT molecular complexity index is 1200. The monoisotopic (exact) mass is 522 g/mol. The van der Waals surface area contributed by atoms with E-state index in [-0.39, 0.29) is 24.7 Å². The molecule has 0 saturated carbocycles. The van der Waals surface area contributed by atoms with Gasteiger partial charge in [-0.1, -0.05) is 13.2 Å². The number of benzene rings is 2. The molecule has 2 aromatic rings. The van der Waals surface area contributed by atoms with Crippen LogP contribution in [0.15, 0.2) is 61.7 Å². The number of fused-ring (bicyclic) bond motifs is 1. The van der Waals surface area contributed by atoms with Gasteiger partial charge in [0.2, 0.25) is 0 Å². The molecule has 0 amide bonds. The van der Waals surface area contributed by atoms with Crippen molar-refractivity contribution in [3.8, 4) is 11.5 Å². The van der Waals surface area contributed by atoms with Crippen LogP contribution in [-0.4, -0.2) is 61.5 Å². The summed E-state index contributed by atoms with van der Waals surface area (Å²) < 4.78 is 33.0. The number of hydrogen-bond donors (Lipinski definition) is 0. The van der Waals surface area contributed by atoms with Gasteiger partial charge >= 0.3 is 23.9 Å². The maximum absolute atomic E-state index is 12.8. The number of carbonyl (C=O) groups is 4. The van der Waals surface area contributed by atoms with Gasteiger partial charge in [-0.15, -0.1) is 0 Å². The maximum Gasteiger partial charge on any atom is 0.338 e. The van der Waals surface area contributed by atoms with Crippen molar-refractivity contribution >= 4 is 23.9 Å². The largest absolute Gasteiger partial charge is 0.453 e. The average molecular weight is 523 g/mol. The summed E-state index contributed by atoms with van der Waals surface area (Å²) >= 11 is 0. The number of hydrogen-bond acceptors (Lipinski definition) is 10. The molecule has 0 bridgehead atoms. The highest BCUT2D eigenvalue weighted by atomic mass is 16.7. The van der Waals surface area contributed by atoms with Crippen molar-refractivity contribution in [2.45, 2.75) is 38.3 Å². The first kappa shape index (κ1) is 26.8. The van der Waals surface area contributed by atoms with Gasteiger partial charge in [0.25, 0.3) is 0 Å². The van der Waals surface area contributed by atoms with E-state index in [1.165, 1.54) is 24.3 Å². The SMILES string of the molecule is C=CC(=O)Oc1ccc(C(=O)O[C@H]2CO[C@H]3[C@@H]2OC[C@H]3OC(=O)c2ccc(OC(=O)C=C)cc2C)c(C)c1. The second kappa shape index (κ2) is 11.4. The molecule has 4 atom stereocenters. The summed E-state index contributed by atoms with van der Waals surface area (Å²) in [4.78, 5) is 48.4. The van der Waals surface area contributed by atoms with Gasteiger partial charge in [0.15, 0.2) is 12.2 Å². The van der Waals surface area contributed by atoms with E-state index in [2.05, 4.69) is 13.2 Å². The molecule has 0 unspecified atom stereocenters. The van der Waals surface area contributed by atoms with E-state index in [4.69, 9.17) is 28.4 Å². The molecule has 2 fully saturated rings. The molecule has 2 aromatic carbocycles. The van der Waals surface area contributed by atoms with Crippen molar-refractivity contribution in [1.29, 1.82) is 0 Å². The lowest BCUT2D eigenvalue weighted by Gasteiger charge is -2.18. The average Bonchev–Trinajstić information content (AvgIpc) is 3.47. The molecule has 2 aliphatic rings. The minimum Gasteiger partial charge on any atom is -0.453 e. The summed E-state index contributed by atoms with van der Waals surface area (Å²) in [6.07, 6.45) is -0.524. The first-order chi connectivity index (χ1) is 18.2. The predicted octanol–water partition coefficient (Wildman–Crippen LogP) is 3.03. The molecule has 10 nitrogen and oxygen atoms in total. The van der Waals surface area contributed by atoms with Crippen molar-refractivity contribution in [3.05, 3.63) is 84.0 Å². The Balaban J connectivity index is 1.35. The van der Waals surface area contributed by atoms with E-state index in [0.717, 1.165) is 12.2 Å². The molecule has 2 saturated heterocycles. The zero-order valence-corrected chi connectivity index (χ0v) is 20.8. The highest BCUT2D eigenvalue weighted by Gasteiger charge is 2.51. The third-order valence-electron chi connectivity index (χ3n) is 6.09. The fourth-order valence-electron chi connectivity index (χ4n) is 4.21. The quantitative estimate of drug-likeness (QED) is 0.290. The number of carbonyl (C=O) groups excluding carboxylic acids is 4. The van der Waals surface area contributed by atoms with Crippen LogP contribution in [0.2, 0.25) is 0 Å². The van der Waals surface area contributed by atoms with E-state index < -0.39 is 48.3 Å². The fourth-order valence-corrected chi connectivity index (χ4v) is 4.21. The molecule has 2 aliphatic heterocycles. The van der Waals surface area contributed by atoms with Crippen molar-refractivity contribution in [1.82, 2.24) is 0 Å². The van der Waals surface area contributed by atoms with Crippen LogP contribution in [0, 0.1) is 13.8 Å². The first-order valence-corrected chi connectivity index (χ1v) is 11.7. The van der Waals surface area contributed by atoms with E-state index >= 15 is 0 Å². The normalized spacial score (nSPS) is 21.6. The van der Waals surface area contributed by atoms with Gasteiger partial charge in [-0.3, -0.25) is 0 Å². The zero-order chi connectivity index (χ0) is 27.4. The number of esters is 4. The summed E-state index contributed by atoms with van der Waals surface area (Å²) in [5, 5.41) is 0. The molecule has 2 heterocycles. The second-order valence-electron chi connectivity index (χ2n) is 8.69. The number of rotatable bonds is 8. The Morgan fingerprint density at radius 3 is 1.47 bits per heavy atom. The van der Waals surface area contributed by atoms with Gasteiger partial charge in [-0.2, -0.15) is 0 Å². The van der Waals surface area contributed by atoms with Crippen molar-refractivity contribution in [2.75, 3.05) is 13.2 Å². The Hall–Kier alpha value is -4.28. The first-order valence-electron chi connectivity index (χ1n) is 11.7. The van der Waals surface area contributed by atoms with Crippen LogP contribution in [0.4, 0.5) is 0 Å². The summed E-state index contributed by atoms with van der Waals surface area (Å²) in [6.45, 7) is 10.2. The van der Waals surface area contributed by atoms with Crippen LogP contribution in [0.3, 0.4) is 0 Å². The molecule has 38 heavy (non-hydrogen) atoms. The minimum atomic E-state index is -0.700. The van der Waals surface area contributed by atoms with Gasteiger partial charge in [0.05, 0.1) is 24.3 Å². The van der Waals surface area contributed by atoms with Gasteiger partial charge in [-0.05, 0) is 61.4 Å². The van der Waals surface area contributed by atoms with Crippen molar-refractivity contribution < 1.29 is 47.6 Å². The molecule has 0 aliphatic carbocycles. The molecule has 0 N–H and O–H groups in total. The van der Waals surface area contributed by atoms with Gasteiger partial charge in [0.1, 0.15) is 23.7 Å². The summed E-state index contributed by atoms with van der Waals surface area (Å²) in [6, 6.07) is 9.07. The van der Waals surface area contributed by atoms with Crippen LogP contribution < -0.4 is 9.47 Å². The van der Waals surface area contributed by atoms with Crippen LogP contribution in [0.25, 0.3) is 0 Å². The van der Waals surface area contributed by atoms with E-state index in [0.29, 0.717) is 22.3 Å². The minimum absolute atomic E-state index is 0.0750. The lowest BCUT2D eigenvalue weighted by molar-refractivity contribution is -0.129. The van der Waals surface area contributed by atoms with Gasteiger partial charge in [-0.25, -0.2) is 19.2 Å². The summed E-state index contributed by atoms with van der Waals surface area (Å²) in [7, 11) is 0. The maximum atomic E-state index is 12.8. The van der Waals surface area contributed by atoms with Crippen LogP contribution in [-0.2, 0) is 28.5 Å². The third-order valence-corrected chi connectivity index (χ3v) is 6.09. The molecule has 0 aromatic heterocycles. The molecule has 198 valence electrons. The second-order valence-corrected chi connectivity index (χ2v) is 8.69. The summed E-state index contributed by atoms with van der Waals surface area (Å²) in [5.74, 6) is -1.84. The van der Waals surface area contributed by atoms with Gasteiger partial charge in [0, 0.05) is 12.2 Å². The molecule has 0 spiro atoms. The lowest BCUT2D eigenvalue weighted by Crippen LogP contribution is -2.36. The molecule has 4 rings (SSSR count). The highest BCUT2D eigenvalue weighted by Crippen LogP contribution is 2.32. The van der Waals surface area contributed by atoms with E-state index in [1.54, 1.807) is 26.0 Å². The Kier molecular flexibility index (Phi) is 8.04. The Morgan fingerprint density at radius 2 is 1.13 bits per heavy atom. The molecule has 10 heteroatoms. The standard InChI is InChI=1S/C28H26O10/c1-5-23(29)35-17-7-9-19(15(3)11-17)27(31)37-21-13-33-26-22(14-34-25(21)26)38-28(32)20-10-8-18(12-16(20)4)36-24(30)6-2/h5-12,21-22,25-26H,1-2,13-14H2,3-4H3/t21-,22+,25-,26-/m1/s1. The fraction of sp³-hybridized carbons (Fsp3) is 0.286. The molecular weight excluding hydrogens is 496 g/mol. The highest BCUT2D eigenvalue weighted by molar-refractivity contribution is 5.92. The lowest BCUT2D eigenvalue weighted by atomic mass is 10.1. The number of ether oxygens (including phenoxy) is 6. The smallest absolute Gasteiger partial charge is 0.338 e. The van der Waals surface area contributed by atoms with Crippen LogP contribution in [0.1, 0.15) is 31.8 Å².